The number of nitrogens with zero attached hydrogens (tertiary/aromatic N) is 3. The number of dihydropyridines is 1. The number of rotatable bonds is 7. The third-order valence-electron chi connectivity index (χ3n) is 6.55. The number of aromatic nitrogens is 1. The van der Waals surface area contributed by atoms with Crippen LogP contribution >= 0.6 is 0 Å². The lowest BCUT2D eigenvalue weighted by Crippen LogP contribution is -2.40. The first-order valence-electron chi connectivity index (χ1n) is 12.1. The van der Waals surface area contributed by atoms with Crippen LogP contribution in [0.4, 0.5) is 0 Å². The number of carboxylic acid groups (broad SMARTS) is 1. The molecule has 2 aromatic rings. The normalized spacial score (nSPS) is 18.6. The Morgan fingerprint density at radius 3 is 2.81 bits per heavy atom. The maximum absolute atomic E-state index is 12.5. The Morgan fingerprint density at radius 1 is 1.22 bits per heavy atom. The van der Waals surface area contributed by atoms with Crippen LogP contribution in [-0.4, -0.2) is 59.1 Å². The highest BCUT2D eigenvalue weighted by atomic mass is 16.5. The van der Waals surface area contributed by atoms with Gasteiger partial charge in [-0.25, -0.2) is 4.79 Å². The summed E-state index contributed by atoms with van der Waals surface area (Å²) in [6.45, 7) is 2.81. The van der Waals surface area contributed by atoms with Crippen molar-refractivity contribution in [2.75, 3.05) is 26.2 Å². The van der Waals surface area contributed by atoms with E-state index >= 15 is 0 Å². The first-order valence-corrected chi connectivity index (χ1v) is 12.1. The second-order valence-electron chi connectivity index (χ2n) is 9.03. The highest BCUT2D eigenvalue weighted by molar-refractivity contribution is 5.94. The van der Waals surface area contributed by atoms with Crippen LogP contribution in [0.1, 0.15) is 42.6 Å². The van der Waals surface area contributed by atoms with E-state index in [0.717, 1.165) is 49.6 Å². The van der Waals surface area contributed by atoms with Crippen molar-refractivity contribution in [1.82, 2.24) is 15.4 Å². The van der Waals surface area contributed by atoms with E-state index in [4.69, 9.17) is 23.8 Å². The van der Waals surface area contributed by atoms with Gasteiger partial charge in [0.15, 0.2) is 11.5 Å². The van der Waals surface area contributed by atoms with Gasteiger partial charge < -0.3 is 29.0 Å². The molecule has 2 aliphatic heterocycles. The van der Waals surface area contributed by atoms with Crippen LogP contribution in [0.2, 0.25) is 0 Å². The topological polar surface area (TPSA) is 130 Å². The van der Waals surface area contributed by atoms with Crippen molar-refractivity contribution >= 4 is 17.7 Å². The van der Waals surface area contributed by atoms with Crippen molar-refractivity contribution in [3.63, 3.8) is 0 Å². The van der Waals surface area contributed by atoms with Crippen LogP contribution < -0.4 is 5.32 Å². The fraction of sp³-hybridized carbons (Fsp3) is 0.385. The van der Waals surface area contributed by atoms with Crippen LogP contribution in [-0.2, 0) is 9.53 Å². The average Bonchev–Trinajstić information content (AvgIpc) is 3.61. The van der Waals surface area contributed by atoms with Crippen LogP contribution in [0.25, 0.3) is 11.5 Å². The monoisotopic (exact) mass is 492 g/mol. The molecule has 0 spiro atoms. The number of nitrogens with one attached hydrogen (secondary N) is 1. The van der Waals surface area contributed by atoms with Crippen LogP contribution in [0.15, 0.2) is 73.7 Å². The summed E-state index contributed by atoms with van der Waals surface area (Å²) in [6, 6.07) is 5.02. The molecule has 3 aliphatic rings. The molecular weight excluding hydrogens is 464 g/mol. The number of aliphatic carboxylic acids is 1. The van der Waals surface area contributed by atoms with Gasteiger partial charge in [-0.1, -0.05) is 17.3 Å². The van der Waals surface area contributed by atoms with Crippen molar-refractivity contribution in [2.24, 2.45) is 10.9 Å². The molecule has 0 bridgehead atoms. The molecule has 1 fully saturated rings. The standard InChI is InChI=1S/C26H28N4O6/c31-25(21-14-23(36-29-21)22-5-2-12-34-22)28-19-6-7-24(27-15-19)30-10-8-17(9-11-30)16-35-20-4-1-3-18(13-20)26(32)33/h2-3,5-6,12-14,17H,1,4,7-11,15-16H2,(H,28,31)(H,32,33). The second-order valence-corrected chi connectivity index (χ2v) is 9.03. The number of hydrogen-bond acceptors (Lipinski definition) is 8. The summed E-state index contributed by atoms with van der Waals surface area (Å²) in [5.41, 5.74) is 1.23. The van der Waals surface area contributed by atoms with E-state index in [9.17, 15) is 9.59 Å². The van der Waals surface area contributed by atoms with Gasteiger partial charge in [0.2, 0.25) is 5.76 Å². The van der Waals surface area contributed by atoms with Gasteiger partial charge in [0.1, 0.15) is 5.84 Å². The summed E-state index contributed by atoms with van der Waals surface area (Å²) in [7, 11) is 0. The van der Waals surface area contributed by atoms with Gasteiger partial charge in [-0.3, -0.25) is 9.79 Å². The Morgan fingerprint density at radius 2 is 2.08 bits per heavy atom. The van der Waals surface area contributed by atoms with Crippen molar-refractivity contribution in [1.29, 1.82) is 0 Å². The molecule has 4 heterocycles. The van der Waals surface area contributed by atoms with Crippen LogP contribution in [0, 0.1) is 5.92 Å². The van der Waals surface area contributed by atoms with E-state index in [1.165, 1.54) is 6.26 Å². The zero-order valence-corrected chi connectivity index (χ0v) is 19.8. The van der Waals surface area contributed by atoms with Gasteiger partial charge in [-0.2, -0.15) is 0 Å². The lowest BCUT2D eigenvalue weighted by molar-refractivity contribution is -0.132. The lowest BCUT2D eigenvalue weighted by Gasteiger charge is -2.35. The fourth-order valence-electron chi connectivity index (χ4n) is 4.49. The predicted octanol–water partition coefficient (Wildman–Crippen LogP) is 3.77. The zero-order valence-electron chi connectivity index (χ0n) is 19.8. The summed E-state index contributed by atoms with van der Waals surface area (Å²) in [5, 5.41) is 15.8. The first kappa shape index (κ1) is 23.7. The molecule has 2 N–H and O–H groups in total. The molecule has 0 unspecified atom stereocenters. The lowest BCUT2D eigenvalue weighted by atomic mass is 9.97. The number of likely N-dealkylation sites (tertiary alicyclic amines) is 1. The van der Waals surface area contributed by atoms with Gasteiger partial charge in [0.05, 0.1) is 30.7 Å². The molecule has 36 heavy (non-hydrogen) atoms. The van der Waals surface area contributed by atoms with E-state index in [2.05, 4.69) is 15.4 Å². The Balaban J connectivity index is 1.05. The molecule has 10 heteroatoms. The number of carbonyl (C=O) groups is 2. The van der Waals surface area contributed by atoms with E-state index < -0.39 is 5.97 Å². The quantitative estimate of drug-likeness (QED) is 0.597. The van der Waals surface area contributed by atoms with Crippen LogP contribution in [0.5, 0.6) is 0 Å². The summed E-state index contributed by atoms with van der Waals surface area (Å²) >= 11 is 0. The minimum Gasteiger partial charge on any atom is -0.498 e. The average molecular weight is 493 g/mol. The molecule has 0 saturated carbocycles. The Bertz CT molecular complexity index is 1230. The highest BCUT2D eigenvalue weighted by Gasteiger charge is 2.24. The molecule has 0 atom stereocenters. The number of amides is 1. The number of carbonyl (C=O) groups excluding carboxylic acids is 1. The van der Waals surface area contributed by atoms with Gasteiger partial charge in [-0.05, 0) is 43.4 Å². The van der Waals surface area contributed by atoms with Crippen molar-refractivity contribution in [2.45, 2.75) is 32.1 Å². The summed E-state index contributed by atoms with van der Waals surface area (Å²) < 4.78 is 16.4. The summed E-state index contributed by atoms with van der Waals surface area (Å²) in [5.74, 6) is 1.88. The molecular formula is C26H28N4O6. The molecule has 188 valence electrons. The number of furan rings is 1. The minimum absolute atomic E-state index is 0.181. The van der Waals surface area contributed by atoms with Gasteiger partial charge in [-0.15, -0.1) is 0 Å². The molecule has 1 saturated heterocycles. The van der Waals surface area contributed by atoms with Crippen molar-refractivity contribution < 1.29 is 28.4 Å². The first-order chi connectivity index (χ1) is 17.5. The molecule has 1 amide bonds. The largest absolute Gasteiger partial charge is 0.498 e. The van der Waals surface area contributed by atoms with Crippen molar-refractivity contribution in [3.8, 4) is 11.5 Å². The molecule has 0 radical (unpaired) electrons. The number of ether oxygens (including phenoxy) is 1. The maximum Gasteiger partial charge on any atom is 0.335 e. The smallest absolute Gasteiger partial charge is 0.335 e. The Labute approximate surface area is 208 Å². The molecule has 0 aromatic carbocycles. The predicted molar refractivity (Wildman–Crippen MR) is 130 cm³/mol. The SMILES string of the molecule is O=C(O)C1=CCCC(OCC2CCN(C3=NCC(NC(=O)c4cc(-c5ccco5)on4)=CC3)CC2)=C1. The minimum atomic E-state index is -0.911. The number of allylic oxidation sites excluding steroid dienone is 2. The van der Waals surface area contributed by atoms with E-state index in [1.54, 1.807) is 30.4 Å². The zero-order chi connectivity index (χ0) is 24.9. The Kier molecular flexibility index (Phi) is 7.01. The molecule has 1 aliphatic carbocycles. The number of amidine groups is 1. The van der Waals surface area contributed by atoms with Crippen LogP contribution in [0.3, 0.4) is 0 Å². The number of piperidine rings is 1. The second kappa shape index (κ2) is 10.7. The molecule has 10 nitrogen and oxygen atoms in total. The Hall–Kier alpha value is -4.08. The molecule has 5 rings (SSSR count). The van der Waals surface area contributed by atoms with E-state index in [0.29, 0.717) is 49.0 Å². The number of aliphatic imine (C=N–C) groups is 1. The van der Waals surface area contributed by atoms with E-state index in [1.807, 2.05) is 6.08 Å². The number of hydrogen-bond donors (Lipinski definition) is 2. The molecule has 2 aromatic heterocycles. The fourth-order valence-corrected chi connectivity index (χ4v) is 4.49. The third-order valence-corrected chi connectivity index (χ3v) is 6.55. The summed E-state index contributed by atoms with van der Waals surface area (Å²) in [4.78, 5) is 30.7. The van der Waals surface area contributed by atoms with E-state index in [-0.39, 0.29) is 11.6 Å². The number of carboxylic acids is 1. The third kappa shape index (κ3) is 5.59. The van der Waals surface area contributed by atoms with Crippen molar-refractivity contribution in [3.05, 3.63) is 65.4 Å². The summed E-state index contributed by atoms with van der Waals surface area (Å²) in [6.07, 6.45) is 11.0. The van der Waals surface area contributed by atoms with Gasteiger partial charge in [0.25, 0.3) is 5.91 Å². The maximum atomic E-state index is 12.5. The van der Waals surface area contributed by atoms with Gasteiger partial charge in [0, 0.05) is 37.7 Å². The highest BCUT2D eigenvalue weighted by Crippen LogP contribution is 2.24. The van der Waals surface area contributed by atoms with Gasteiger partial charge >= 0.3 is 5.97 Å².